The van der Waals surface area contributed by atoms with E-state index in [1.165, 1.54) is 0 Å². The van der Waals surface area contributed by atoms with Gasteiger partial charge >= 0.3 is 5.97 Å². The molecule has 1 unspecified atom stereocenters. The molecule has 13 heavy (non-hydrogen) atoms. The average Bonchev–Trinajstić information content (AvgIpc) is 2.47. The highest BCUT2D eigenvalue weighted by Gasteiger charge is 2.42. The van der Waals surface area contributed by atoms with Crippen molar-refractivity contribution in [3.05, 3.63) is 29.6 Å². The summed E-state index contributed by atoms with van der Waals surface area (Å²) in [5.41, 5.74) is 1.05. The Morgan fingerprint density at radius 3 is 3.15 bits per heavy atom. The fraction of sp³-hybridized carbons (Fsp3) is 0.400. The smallest absolute Gasteiger partial charge is 0.315 e. The molecular formula is C10H11NO2. The second-order valence-corrected chi connectivity index (χ2v) is 3.65. The Kier molecular flexibility index (Phi) is 1.62. The number of pyridine rings is 1. The van der Waals surface area contributed by atoms with E-state index in [-0.39, 0.29) is 0 Å². The number of hydrogen-bond acceptors (Lipinski definition) is 2. The molecule has 1 aliphatic rings. The molecule has 0 fully saturated rings. The third kappa shape index (κ3) is 1.03. The Bertz CT molecular complexity index is 362. The number of nitrogens with zero attached hydrogens (tertiary/aromatic N) is 1. The molecule has 3 nitrogen and oxygen atoms in total. The standard InChI is InChI=1S/C10H11NO2/c1-10(9(12)13)5-4-7-3-2-6-11-8(7)10/h2-3,6H,4-5H2,1H3,(H,12,13). The molecule has 1 aromatic rings. The van der Waals surface area contributed by atoms with E-state index < -0.39 is 11.4 Å². The largest absolute Gasteiger partial charge is 0.481 e. The van der Waals surface area contributed by atoms with Crippen molar-refractivity contribution in [1.82, 2.24) is 4.98 Å². The van der Waals surface area contributed by atoms with E-state index in [2.05, 4.69) is 4.98 Å². The number of carbonyl (C=O) groups is 1. The summed E-state index contributed by atoms with van der Waals surface area (Å²) >= 11 is 0. The van der Waals surface area contributed by atoms with Crippen LogP contribution in [0.1, 0.15) is 24.6 Å². The zero-order chi connectivity index (χ0) is 9.47. The Morgan fingerprint density at radius 1 is 1.69 bits per heavy atom. The predicted molar refractivity (Wildman–Crippen MR) is 47.5 cm³/mol. The van der Waals surface area contributed by atoms with Gasteiger partial charge in [0.25, 0.3) is 0 Å². The van der Waals surface area contributed by atoms with Gasteiger partial charge in [-0.05, 0) is 31.4 Å². The fourth-order valence-corrected chi connectivity index (χ4v) is 1.85. The summed E-state index contributed by atoms with van der Waals surface area (Å²) in [7, 11) is 0. The summed E-state index contributed by atoms with van der Waals surface area (Å²) in [6, 6.07) is 3.81. The molecule has 0 saturated heterocycles. The van der Waals surface area contributed by atoms with Crippen LogP contribution in [0.25, 0.3) is 0 Å². The van der Waals surface area contributed by atoms with Crippen LogP contribution in [-0.2, 0) is 16.6 Å². The fourth-order valence-electron chi connectivity index (χ4n) is 1.85. The summed E-state index contributed by atoms with van der Waals surface area (Å²) in [4.78, 5) is 15.2. The summed E-state index contributed by atoms with van der Waals surface area (Å²) < 4.78 is 0. The second-order valence-electron chi connectivity index (χ2n) is 3.65. The van der Waals surface area contributed by atoms with Gasteiger partial charge in [-0.2, -0.15) is 0 Å². The highest BCUT2D eigenvalue weighted by Crippen LogP contribution is 2.36. The van der Waals surface area contributed by atoms with Crippen LogP contribution in [0.2, 0.25) is 0 Å². The van der Waals surface area contributed by atoms with Crippen molar-refractivity contribution in [1.29, 1.82) is 0 Å². The van der Waals surface area contributed by atoms with E-state index in [1.807, 2.05) is 12.1 Å². The molecule has 1 heterocycles. The monoisotopic (exact) mass is 177 g/mol. The molecule has 0 aliphatic heterocycles. The summed E-state index contributed by atoms with van der Waals surface area (Å²) in [6.07, 6.45) is 3.14. The van der Waals surface area contributed by atoms with E-state index in [0.29, 0.717) is 6.42 Å². The Morgan fingerprint density at radius 2 is 2.46 bits per heavy atom. The second kappa shape index (κ2) is 2.55. The SMILES string of the molecule is CC1(C(=O)O)CCc2cccnc21. The zero-order valence-corrected chi connectivity index (χ0v) is 7.45. The van der Waals surface area contributed by atoms with Gasteiger partial charge in [-0.3, -0.25) is 9.78 Å². The lowest BCUT2D eigenvalue weighted by molar-refractivity contribution is -0.143. The lowest BCUT2D eigenvalue weighted by atomic mass is 9.88. The van der Waals surface area contributed by atoms with E-state index in [9.17, 15) is 4.79 Å². The van der Waals surface area contributed by atoms with Gasteiger partial charge < -0.3 is 5.11 Å². The number of carboxylic acids is 1. The van der Waals surface area contributed by atoms with Gasteiger partial charge in [-0.25, -0.2) is 0 Å². The molecule has 68 valence electrons. The Hall–Kier alpha value is -1.38. The number of rotatable bonds is 1. The third-order valence-corrected chi connectivity index (χ3v) is 2.78. The van der Waals surface area contributed by atoms with Crippen LogP contribution in [0.5, 0.6) is 0 Å². The van der Waals surface area contributed by atoms with Crippen molar-refractivity contribution in [2.75, 3.05) is 0 Å². The van der Waals surface area contributed by atoms with Crippen LogP contribution in [-0.4, -0.2) is 16.1 Å². The van der Waals surface area contributed by atoms with Crippen molar-refractivity contribution in [3.8, 4) is 0 Å². The minimum Gasteiger partial charge on any atom is -0.481 e. The first kappa shape index (κ1) is 8.23. The number of aliphatic carboxylic acids is 1. The van der Waals surface area contributed by atoms with Gasteiger partial charge in [0.1, 0.15) is 5.41 Å². The highest BCUT2D eigenvalue weighted by atomic mass is 16.4. The quantitative estimate of drug-likeness (QED) is 0.704. The van der Waals surface area contributed by atoms with Crippen LogP contribution in [0.15, 0.2) is 18.3 Å². The van der Waals surface area contributed by atoms with Gasteiger partial charge in [0.15, 0.2) is 0 Å². The van der Waals surface area contributed by atoms with Crippen molar-refractivity contribution < 1.29 is 9.90 Å². The number of fused-ring (bicyclic) bond motifs is 1. The van der Waals surface area contributed by atoms with Crippen LogP contribution in [0.3, 0.4) is 0 Å². The maximum atomic E-state index is 11.0. The van der Waals surface area contributed by atoms with Crippen molar-refractivity contribution in [2.45, 2.75) is 25.2 Å². The molecule has 1 atom stereocenters. The third-order valence-electron chi connectivity index (χ3n) is 2.78. The molecule has 0 spiro atoms. The molecule has 1 aromatic heterocycles. The van der Waals surface area contributed by atoms with Crippen molar-refractivity contribution >= 4 is 5.97 Å². The van der Waals surface area contributed by atoms with E-state index >= 15 is 0 Å². The molecule has 0 aromatic carbocycles. The van der Waals surface area contributed by atoms with Gasteiger partial charge in [0.2, 0.25) is 0 Å². The normalized spacial score (nSPS) is 25.6. The minimum atomic E-state index is -0.773. The van der Waals surface area contributed by atoms with Crippen LogP contribution >= 0.6 is 0 Å². The number of carboxylic acid groups (broad SMARTS) is 1. The van der Waals surface area contributed by atoms with Gasteiger partial charge in [-0.15, -0.1) is 0 Å². The highest BCUT2D eigenvalue weighted by molar-refractivity contribution is 5.81. The zero-order valence-electron chi connectivity index (χ0n) is 7.45. The number of hydrogen-bond donors (Lipinski definition) is 1. The first-order valence-electron chi connectivity index (χ1n) is 4.32. The van der Waals surface area contributed by atoms with Crippen molar-refractivity contribution in [2.24, 2.45) is 0 Å². The molecule has 2 rings (SSSR count). The van der Waals surface area contributed by atoms with E-state index in [0.717, 1.165) is 17.7 Å². The van der Waals surface area contributed by atoms with E-state index in [1.54, 1.807) is 13.1 Å². The number of aromatic nitrogens is 1. The number of aryl methyl sites for hydroxylation is 1. The molecule has 0 bridgehead atoms. The predicted octanol–water partition coefficient (Wildman–Crippen LogP) is 1.37. The van der Waals surface area contributed by atoms with Crippen molar-refractivity contribution in [3.63, 3.8) is 0 Å². The lowest BCUT2D eigenvalue weighted by Gasteiger charge is -2.17. The molecular weight excluding hydrogens is 166 g/mol. The maximum absolute atomic E-state index is 11.0. The van der Waals surface area contributed by atoms with Crippen LogP contribution in [0.4, 0.5) is 0 Å². The van der Waals surface area contributed by atoms with Gasteiger partial charge in [0.05, 0.1) is 5.69 Å². The first-order chi connectivity index (χ1) is 6.14. The minimum absolute atomic E-state index is 0.661. The molecule has 3 heteroatoms. The van der Waals surface area contributed by atoms with Gasteiger partial charge in [0, 0.05) is 6.20 Å². The summed E-state index contributed by atoms with van der Waals surface area (Å²) in [6.45, 7) is 1.74. The summed E-state index contributed by atoms with van der Waals surface area (Å²) in [5, 5.41) is 9.08. The van der Waals surface area contributed by atoms with Crippen LogP contribution < -0.4 is 0 Å². The molecule has 0 radical (unpaired) electrons. The maximum Gasteiger partial charge on any atom is 0.315 e. The Balaban J connectivity index is 2.55. The van der Waals surface area contributed by atoms with Crippen LogP contribution in [0, 0.1) is 0 Å². The topological polar surface area (TPSA) is 50.2 Å². The lowest BCUT2D eigenvalue weighted by Crippen LogP contribution is -2.30. The average molecular weight is 177 g/mol. The molecule has 0 amide bonds. The molecule has 0 saturated carbocycles. The van der Waals surface area contributed by atoms with Gasteiger partial charge in [-0.1, -0.05) is 6.07 Å². The summed E-state index contributed by atoms with van der Waals surface area (Å²) in [5.74, 6) is -0.773. The Labute approximate surface area is 76.4 Å². The first-order valence-corrected chi connectivity index (χ1v) is 4.32. The molecule has 1 N–H and O–H groups in total. The van der Waals surface area contributed by atoms with E-state index in [4.69, 9.17) is 5.11 Å². The molecule has 1 aliphatic carbocycles.